The van der Waals surface area contributed by atoms with E-state index in [-0.39, 0.29) is 18.1 Å². The zero-order valence-electron chi connectivity index (χ0n) is 18.1. The van der Waals surface area contributed by atoms with Gasteiger partial charge in [0, 0.05) is 25.2 Å². The highest BCUT2D eigenvalue weighted by atomic mass is 16.6. The van der Waals surface area contributed by atoms with Crippen LogP contribution in [-0.4, -0.2) is 40.5 Å². The Morgan fingerprint density at radius 3 is 2.48 bits per heavy atom. The third-order valence-electron chi connectivity index (χ3n) is 5.25. The Morgan fingerprint density at radius 1 is 1.06 bits per heavy atom. The lowest BCUT2D eigenvalue weighted by Crippen LogP contribution is -2.51. The van der Waals surface area contributed by atoms with Gasteiger partial charge in [0.1, 0.15) is 0 Å². The second-order valence-corrected chi connectivity index (χ2v) is 7.99. The summed E-state index contributed by atoms with van der Waals surface area (Å²) in [5.74, 6) is -0.0599. The van der Waals surface area contributed by atoms with Gasteiger partial charge in [-0.25, -0.2) is 9.48 Å². The summed E-state index contributed by atoms with van der Waals surface area (Å²) in [5.41, 5.74) is 4.14. The molecule has 0 spiro atoms. The van der Waals surface area contributed by atoms with Crippen LogP contribution in [-0.2, 0) is 9.53 Å². The van der Waals surface area contributed by atoms with Gasteiger partial charge in [-0.2, -0.15) is 5.10 Å². The molecule has 7 heteroatoms. The summed E-state index contributed by atoms with van der Waals surface area (Å²) in [6, 6.07) is 15.5. The van der Waals surface area contributed by atoms with E-state index < -0.39 is 6.09 Å². The van der Waals surface area contributed by atoms with Gasteiger partial charge >= 0.3 is 6.09 Å². The van der Waals surface area contributed by atoms with Gasteiger partial charge in [-0.1, -0.05) is 24.3 Å². The minimum Gasteiger partial charge on any atom is -0.446 e. The molecule has 0 saturated carbocycles. The first kappa shape index (κ1) is 20.7. The largest absolute Gasteiger partial charge is 0.446 e. The van der Waals surface area contributed by atoms with Gasteiger partial charge in [-0.15, -0.1) is 0 Å². The van der Waals surface area contributed by atoms with Gasteiger partial charge in [-0.3, -0.25) is 9.69 Å². The van der Waals surface area contributed by atoms with Crippen LogP contribution in [0.1, 0.15) is 27.7 Å². The third-order valence-corrected chi connectivity index (χ3v) is 5.25. The Bertz CT molecular complexity index is 1110. The number of ether oxygens (including phenoxy) is 1. The minimum absolute atomic E-state index is 0.0599. The molecule has 0 saturated heterocycles. The van der Waals surface area contributed by atoms with Gasteiger partial charge < -0.3 is 9.64 Å². The number of para-hydroxylation sites is 1. The van der Waals surface area contributed by atoms with E-state index in [1.807, 2.05) is 80.2 Å². The van der Waals surface area contributed by atoms with Crippen LogP contribution in [0.2, 0.25) is 0 Å². The summed E-state index contributed by atoms with van der Waals surface area (Å²) in [7, 11) is 0. The van der Waals surface area contributed by atoms with Gasteiger partial charge in [0.25, 0.3) is 0 Å². The van der Waals surface area contributed by atoms with Crippen LogP contribution in [0, 0.1) is 0 Å². The van der Waals surface area contributed by atoms with Gasteiger partial charge in [0.2, 0.25) is 5.91 Å². The van der Waals surface area contributed by atoms with E-state index in [0.29, 0.717) is 17.9 Å². The number of aromatic nitrogens is 2. The Hall–Kier alpha value is -3.61. The maximum absolute atomic E-state index is 12.8. The van der Waals surface area contributed by atoms with E-state index >= 15 is 0 Å². The third kappa shape index (κ3) is 4.03. The smallest absolute Gasteiger partial charge is 0.414 e. The molecule has 0 radical (unpaired) electrons. The molecule has 0 N–H and O–H groups in total. The molecule has 2 heterocycles. The summed E-state index contributed by atoms with van der Waals surface area (Å²) in [4.78, 5) is 28.5. The summed E-state index contributed by atoms with van der Waals surface area (Å²) >= 11 is 0. The summed E-state index contributed by atoms with van der Waals surface area (Å²) in [6.07, 6.45) is 3.09. The number of carbonyl (C=O) groups excluding carboxylic acids is 2. The predicted molar refractivity (Wildman–Crippen MR) is 121 cm³/mol. The molecule has 2 aromatic carbocycles. The number of hydrogen-bond acceptors (Lipinski definition) is 4. The van der Waals surface area contributed by atoms with Crippen molar-refractivity contribution in [1.29, 1.82) is 0 Å². The first-order valence-electron chi connectivity index (χ1n) is 10.4. The molecular weight excluding hydrogens is 392 g/mol. The van der Waals surface area contributed by atoms with Crippen molar-refractivity contribution in [2.75, 3.05) is 16.3 Å². The molecule has 1 aliphatic rings. The summed E-state index contributed by atoms with van der Waals surface area (Å²) in [6.45, 7) is 7.48. The fraction of sp³-hybridized carbons (Fsp3) is 0.292. The molecule has 31 heavy (non-hydrogen) atoms. The van der Waals surface area contributed by atoms with Crippen molar-refractivity contribution >= 4 is 23.4 Å². The second-order valence-electron chi connectivity index (χ2n) is 7.99. The molecule has 1 atom stereocenters. The van der Waals surface area contributed by atoms with Crippen molar-refractivity contribution in [2.24, 2.45) is 0 Å². The molecule has 0 unspecified atom stereocenters. The van der Waals surface area contributed by atoms with Crippen molar-refractivity contribution < 1.29 is 14.3 Å². The molecule has 0 bridgehead atoms. The normalized spacial score (nSPS) is 15.7. The maximum atomic E-state index is 12.8. The van der Waals surface area contributed by atoms with Gasteiger partial charge in [-0.05, 0) is 50.6 Å². The van der Waals surface area contributed by atoms with Crippen molar-refractivity contribution in [3.63, 3.8) is 0 Å². The first-order chi connectivity index (χ1) is 14.8. The number of carbonyl (C=O) groups is 2. The minimum atomic E-state index is -0.413. The number of nitrogens with zero attached hydrogens (tertiary/aromatic N) is 4. The van der Waals surface area contributed by atoms with E-state index in [4.69, 9.17) is 4.74 Å². The van der Waals surface area contributed by atoms with Crippen LogP contribution < -0.4 is 9.80 Å². The molecule has 0 aliphatic carbocycles. The Balaban J connectivity index is 1.76. The lowest BCUT2D eigenvalue weighted by Gasteiger charge is -2.40. The molecule has 160 valence electrons. The summed E-state index contributed by atoms with van der Waals surface area (Å²) < 4.78 is 7.27. The topological polar surface area (TPSA) is 67.7 Å². The predicted octanol–water partition coefficient (Wildman–Crippen LogP) is 4.65. The fourth-order valence-electron chi connectivity index (χ4n) is 3.92. The van der Waals surface area contributed by atoms with E-state index in [2.05, 4.69) is 5.10 Å². The zero-order valence-corrected chi connectivity index (χ0v) is 18.1. The number of benzene rings is 2. The lowest BCUT2D eigenvalue weighted by atomic mass is 10.0. The van der Waals surface area contributed by atoms with Crippen molar-refractivity contribution in [3.8, 4) is 16.8 Å². The molecule has 1 aromatic heterocycles. The van der Waals surface area contributed by atoms with Crippen LogP contribution in [0.4, 0.5) is 16.2 Å². The van der Waals surface area contributed by atoms with Crippen LogP contribution >= 0.6 is 0 Å². The monoisotopic (exact) mass is 418 g/mol. The van der Waals surface area contributed by atoms with E-state index in [1.165, 1.54) is 0 Å². The molecule has 1 aliphatic heterocycles. The van der Waals surface area contributed by atoms with Crippen LogP contribution in [0.3, 0.4) is 0 Å². The average molecular weight is 418 g/mol. The molecular formula is C24H26N4O3. The fourth-order valence-corrected chi connectivity index (χ4v) is 3.92. The van der Waals surface area contributed by atoms with E-state index in [9.17, 15) is 9.59 Å². The van der Waals surface area contributed by atoms with Crippen LogP contribution in [0.5, 0.6) is 0 Å². The standard InChI is InChI=1S/C24H26N4O3/c1-16(2)31-24(30)26-14-17(3)28(18(4)29)22-11-10-19(12-23(22)26)20-13-25-27(15-20)21-8-6-5-7-9-21/h5-13,15-17H,14H2,1-4H3/t17-/m0/s1. The van der Waals surface area contributed by atoms with Crippen molar-refractivity contribution in [2.45, 2.75) is 39.8 Å². The highest BCUT2D eigenvalue weighted by Crippen LogP contribution is 2.39. The Morgan fingerprint density at radius 2 is 1.81 bits per heavy atom. The highest BCUT2D eigenvalue weighted by Gasteiger charge is 2.34. The van der Waals surface area contributed by atoms with Crippen molar-refractivity contribution in [3.05, 3.63) is 60.9 Å². The number of amides is 2. The van der Waals surface area contributed by atoms with Crippen LogP contribution in [0.25, 0.3) is 16.8 Å². The molecule has 0 fully saturated rings. The van der Waals surface area contributed by atoms with Crippen LogP contribution in [0.15, 0.2) is 60.9 Å². The van der Waals surface area contributed by atoms with E-state index in [0.717, 1.165) is 16.8 Å². The number of rotatable bonds is 3. The van der Waals surface area contributed by atoms with E-state index in [1.54, 1.807) is 22.9 Å². The highest BCUT2D eigenvalue weighted by molar-refractivity contribution is 6.03. The lowest BCUT2D eigenvalue weighted by molar-refractivity contribution is -0.117. The summed E-state index contributed by atoms with van der Waals surface area (Å²) in [5, 5.41) is 4.47. The molecule has 7 nitrogen and oxygen atoms in total. The molecule has 4 rings (SSSR count). The Kier molecular flexibility index (Phi) is 5.50. The number of fused-ring (bicyclic) bond motifs is 1. The maximum Gasteiger partial charge on any atom is 0.414 e. The van der Waals surface area contributed by atoms with Crippen molar-refractivity contribution in [1.82, 2.24) is 9.78 Å². The quantitative estimate of drug-likeness (QED) is 0.621. The average Bonchev–Trinajstić information content (AvgIpc) is 3.23. The zero-order chi connectivity index (χ0) is 22.1. The number of hydrogen-bond donors (Lipinski definition) is 0. The first-order valence-corrected chi connectivity index (χ1v) is 10.4. The second kappa shape index (κ2) is 8.26. The molecule has 3 aromatic rings. The molecule has 2 amide bonds. The Labute approximate surface area is 181 Å². The number of anilines is 2. The van der Waals surface area contributed by atoms with Gasteiger partial charge in [0.05, 0.1) is 35.4 Å². The SMILES string of the molecule is CC(=O)N1c2ccc(-c3cnn(-c4ccccc4)c3)cc2N(C(=O)OC(C)C)C[C@@H]1C. The van der Waals surface area contributed by atoms with Gasteiger partial charge in [0.15, 0.2) is 0 Å².